The lowest BCUT2D eigenvalue weighted by atomic mass is 9.88. The fraction of sp³-hybridized carbons (Fsp3) is 0.889. The van der Waals surface area contributed by atoms with Gasteiger partial charge in [-0.2, -0.15) is 0 Å². The summed E-state index contributed by atoms with van der Waals surface area (Å²) in [6.07, 6.45) is 0.850. The first kappa shape index (κ1) is 11.4. The van der Waals surface area contributed by atoms with Gasteiger partial charge in [-0.15, -0.1) is 0 Å². The third kappa shape index (κ3) is 4.34. The van der Waals surface area contributed by atoms with E-state index in [9.17, 15) is 4.79 Å². The van der Waals surface area contributed by atoms with Crippen LogP contribution in [0.2, 0.25) is 0 Å². The Morgan fingerprint density at radius 1 is 1.33 bits per heavy atom. The van der Waals surface area contributed by atoms with Crippen LogP contribution in [0.3, 0.4) is 0 Å². The number of hydrogen-bond donors (Lipinski definition) is 2. The Kier molecular flexibility index (Phi) is 4.24. The molecule has 0 rings (SSSR count). The maximum Gasteiger partial charge on any atom is 0.236 e. The number of rotatable bonds is 3. The van der Waals surface area contributed by atoms with Crippen molar-refractivity contribution in [3.63, 3.8) is 0 Å². The minimum absolute atomic E-state index is 0.0624. The number of likely N-dealkylation sites (N-methyl/N-ethyl adjacent to an activating group) is 2. The Balaban J connectivity index is 4.09. The minimum atomic E-state index is -0.0741. The Labute approximate surface area is 74.9 Å². The topological polar surface area (TPSA) is 41.1 Å². The number of carbonyl (C=O) groups excluding carboxylic acids is 1. The van der Waals surface area contributed by atoms with Gasteiger partial charge in [0.15, 0.2) is 0 Å². The van der Waals surface area contributed by atoms with Crippen molar-refractivity contribution in [2.75, 3.05) is 14.1 Å². The van der Waals surface area contributed by atoms with Crippen LogP contribution >= 0.6 is 0 Å². The van der Waals surface area contributed by atoms with E-state index in [1.54, 1.807) is 7.05 Å². The summed E-state index contributed by atoms with van der Waals surface area (Å²) in [7, 11) is 3.47. The highest BCUT2D eigenvalue weighted by Gasteiger charge is 2.22. The molecule has 0 heterocycles. The van der Waals surface area contributed by atoms with E-state index in [0.717, 1.165) is 6.42 Å². The number of nitrogens with one attached hydrogen (secondary N) is 2. The quantitative estimate of drug-likeness (QED) is 0.660. The predicted molar refractivity (Wildman–Crippen MR) is 51.0 cm³/mol. The fourth-order valence-electron chi connectivity index (χ4n) is 1.11. The van der Waals surface area contributed by atoms with Crippen molar-refractivity contribution in [3.05, 3.63) is 0 Å². The monoisotopic (exact) mass is 172 g/mol. The summed E-state index contributed by atoms with van der Waals surface area (Å²) in [5.74, 6) is 0.0624. The van der Waals surface area contributed by atoms with Gasteiger partial charge in [-0.25, -0.2) is 0 Å². The highest BCUT2D eigenvalue weighted by Crippen LogP contribution is 2.20. The van der Waals surface area contributed by atoms with Crippen LogP contribution in [0.15, 0.2) is 0 Å². The lowest BCUT2D eigenvalue weighted by Crippen LogP contribution is -2.43. The van der Waals surface area contributed by atoms with Gasteiger partial charge in [0.1, 0.15) is 0 Å². The lowest BCUT2D eigenvalue weighted by Gasteiger charge is -2.24. The van der Waals surface area contributed by atoms with Gasteiger partial charge in [0, 0.05) is 7.05 Å². The highest BCUT2D eigenvalue weighted by molar-refractivity contribution is 5.81. The number of hydrogen-bond acceptors (Lipinski definition) is 2. The van der Waals surface area contributed by atoms with Crippen LogP contribution in [-0.2, 0) is 4.79 Å². The zero-order valence-electron chi connectivity index (χ0n) is 8.69. The zero-order chi connectivity index (χ0) is 9.78. The molecule has 72 valence electrons. The second kappa shape index (κ2) is 4.45. The molecule has 3 heteroatoms. The Hall–Kier alpha value is -0.570. The molecule has 0 aliphatic carbocycles. The van der Waals surface area contributed by atoms with Crippen LogP contribution < -0.4 is 10.6 Å². The van der Waals surface area contributed by atoms with E-state index >= 15 is 0 Å². The third-order valence-electron chi connectivity index (χ3n) is 1.73. The SMILES string of the molecule is CNC(=O)C(CC(C)(C)C)NC. The third-order valence-corrected chi connectivity index (χ3v) is 1.73. The molecule has 0 aromatic heterocycles. The first-order valence-electron chi connectivity index (χ1n) is 4.29. The van der Waals surface area contributed by atoms with Crippen molar-refractivity contribution < 1.29 is 4.79 Å². The van der Waals surface area contributed by atoms with E-state index in [1.165, 1.54) is 0 Å². The molecule has 0 saturated heterocycles. The highest BCUT2D eigenvalue weighted by atomic mass is 16.2. The fourth-order valence-corrected chi connectivity index (χ4v) is 1.11. The Morgan fingerprint density at radius 3 is 2.08 bits per heavy atom. The zero-order valence-corrected chi connectivity index (χ0v) is 8.69. The molecule has 12 heavy (non-hydrogen) atoms. The minimum Gasteiger partial charge on any atom is -0.358 e. The number of carbonyl (C=O) groups is 1. The van der Waals surface area contributed by atoms with Crippen LogP contribution in [0.5, 0.6) is 0 Å². The van der Waals surface area contributed by atoms with Gasteiger partial charge >= 0.3 is 0 Å². The molecular formula is C9H20N2O. The molecule has 0 saturated carbocycles. The molecule has 0 aromatic rings. The van der Waals surface area contributed by atoms with E-state index in [4.69, 9.17) is 0 Å². The molecule has 0 radical (unpaired) electrons. The molecule has 3 nitrogen and oxygen atoms in total. The first-order valence-corrected chi connectivity index (χ1v) is 4.29. The normalized spacial score (nSPS) is 14.1. The van der Waals surface area contributed by atoms with Crippen LogP contribution in [0, 0.1) is 5.41 Å². The van der Waals surface area contributed by atoms with Gasteiger partial charge in [-0.1, -0.05) is 20.8 Å². The van der Waals surface area contributed by atoms with Crippen LogP contribution in [0.4, 0.5) is 0 Å². The molecular weight excluding hydrogens is 152 g/mol. The van der Waals surface area contributed by atoms with Crippen molar-refractivity contribution in [2.24, 2.45) is 5.41 Å². The Bertz CT molecular complexity index is 149. The summed E-state index contributed by atoms with van der Waals surface area (Å²) in [6.45, 7) is 6.38. The molecule has 0 spiro atoms. The lowest BCUT2D eigenvalue weighted by molar-refractivity contribution is -0.123. The van der Waals surface area contributed by atoms with Gasteiger partial charge in [0.05, 0.1) is 6.04 Å². The maximum atomic E-state index is 11.2. The van der Waals surface area contributed by atoms with Crippen LogP contribution in [0.25, 0.3) is 0 Å². The summed E-state index contributed by atoms with van der Waals surface area (Å²) in [4.78, 5) is 11.2. The van der Waals surface area contributed by atoms with Crippen molar-refractivity contribution in [1.82, 2.24) is 10.6 Å². The largest absolute Gasteiger partial charge is 0.358 e. The number of amides is 1. The van der Waals surface area contributed by atoms with Crippen LogP contribution in [-0.4, -0.2) is 26.0 Å². The van der Waals surface area contributed by atoms with Crippen molar-refractivity contribution in [1.29, 1.82) is 0 Å². The molecule has 2 N–H and O–H groups in total. The summed E-state index contributed by atoms with van der Waals surface area (Å²) >= 11 is 0. The molecule has 1 unspecified atom stereocenters. The maximum absolute atomic E-state index is 11.2. The standard InChI is InChI=1S/C9H20N2O/c1-9(2,3)6-7(10-4)8(12)11-5/h7,10H,6H2,1-5H3,(H,11,12). The van der Waals surface area contributed by atoms with Gasteiger partial charge in [-0.05, 0) is 18.9 Å². The van der Waals surface area contributed by atoms with E-state index < -0.39 is 0 Å². The van der Waals surface area contributed by atoms with Gasteiger partial charge in [0.25, 0.3) is 0 Å². The Morgan fingerprint density at radius 2 is 1.83 bits per heavy atom. The van der Waals surface area contributed by atoms with E-state index in [-0.39, 0.29) is 17.4 Å². The van der Waals surface area contributed by atoms with Gasteiger partial charge in [-0.3, -0.25) is 4.79 Å². The predicted octanol–water partition coefficient (Wildman–Crippen LogP) is 0.757. The summed E-state index contributed by atoms with van der Waals surface area (Å²) < 4.78 is 0. The van der Waals surface area contributed by atoms with E-state index in [2.05, 4.69) is 31.4 Å². The average Bonchev–Trinajstić information content (AvgIpc) is 1.97. The second-order valence-electron chi connectivity index (χ2n) is 4.22. The average molecular weight is 172 g/mol. The summed E-state index contributed by atoms with van der Waals surface area (Å²) in [5.41, 5.74) is 0.181. The van der Waals surface area contributed by atoms with Crippen molar-refractivity contribution in [2.45, 2.75) is 33.2 Å². The molecule has 0 fully saturated rings. The molecule has 0 aliphatic rings. The summed E-state index contributed by atoms with van der Waals surface area (Å²) in [6, 6.07) is -0.0741. The van der Waals surface area contributed by atoms with Gasteiger partial charge in [0.2, 0.25) is 5.91 Å². The van der Waals surface area contributed by atoms with Crippen molar-refractivity contribution >= 4 is 5.91 Å². The van der Waals surface area contributed by atoms with Gasteiger partial charge < -0.3 is 10.6 Å². The molecule has 0 aromatic carbocycles. The smallest absolute Gasteiger partial charge is 0.236 e. The van der Waals surface area contributed by atoms with E-state index in [0.29, 0.717) is 0 Å². The second-order valence-corrected chi connectivity index (χ2v) is 4.22. The van der Waals surface area contributed by atoms with Crippen molar-refractivity contribution in [3.8, 4) is 0 Å². The van der Waals surface area contributed by atoms with E-state index in [1.807, 2.05) is 7.05 Å². The first-order chi connectivity index (χ1) is 5.40. The molecule has 1 atom stereocenters. The molecule has 0 aliphatic heterocycles. The summed E-state index contributed by atoms with van der Waals surface area (Å²) in [5, 5.41) is 5.63. The van der Waals surface area contributed by atoms with Crippen LogP contribution in [0.1, 0.15) is 27.2 Å². The molecule has 1 amide bonds. The molecule has 0 bridgehead atoms.